The van der Waals surface area contributed by atoms with Crippen LogP contribution in [-0.4, -0.2) is 19.0 Å². The van der Waals surface area contributed by atoms with Crippen molar-refractivity contribution in [2.75, 3.05) is 13.1 Å². The molecule has 2 aromatic carbocycles. The number of nitrogens with two attached hydrogens (primary N) is 1. The number of rotatable bonds is 6. The van der Waals surface area contributed by atoms with Gasteiger partial charge in [-0.15, -0.1) is 0 Å². The highest BCUT2D eigenvalue weighted by atomic mass is 16.1. The zero-order chi connectivity index (χ0) is 15.1. The predicted molar refractivity (Wildman–Crippen MR) is 86.4 cm³/mol. The number of hydrogen-bond acceptors (Lipinski definition) is 2. The number of benzene rings is 2. The van der Waals surface area contributed by atoms with Crippen LogP contribution in [0.1, 0.15) is 27.0 Å². The van der Waals surface area contributed by atoms with Gasteiger partial charge in [0.1, 0.15) is 0 Å². The second-order valence-electron chi connectivity index (χ2n) is 5.19. The van der Waals surface area contributed by atoms with Crippen LogP contribution in [0.15, 0.2) is 48.5 Å². The second-order valence-corrected chi connectivity index (χ2v) is 5.19. The molecule has 0 unspecified atom stereocenters. The minimum atomic E-state index is -0.0216. The van der Waals surface area contributed by atoms with Crippen molar-refractivity contribution in [2.24, 2.45) is 5.73 Å². The minimum Gasteiger partial charge on any atom is -0.352 e. The van der Waals surface area contributed by atoms with Gasteiger partial charge in [0.2, 0.25) is 0 Å². The molecule has 0 atom stereocenters. The third kappa shape index (κ3) is 4.43. The molecule has 2 aromatic rings. The van der Waals surface area contributed by atoms with Crippen LogP contribution in [0.4, 0.5) is 0 Å². The maximum atomic E-state index is 12.2. The molecule has 0 saturated heterocycles. The number of amides is 1. The highest BCUT2D eigenvalue weighted by Gasteiger charge is 2.09. The molecule has 3 nitrogen and oxygen atoms in total. The van der Waals surface area contributed by atoms with E-state index >= 15 is 0 Å². The monoisotopic (exact) mass is 282 g/mol. The van der Waals surface area contributed by atoms with Crippen molar-refractivity contribution in [3.8, 4) is 0 Å². The first kappa shape index (κ1) is 15.3. The third-order valence-electron chi connectivity index (χ3n) is 3.46. The number of nitrogens with one attached hydrogen (secondary N) is 1. The van der Waals surface area contributed by atoms with Gasteiger partial charge in [-0.2, -0.15) is 0 Å². The number of aryl methyl sites for hydroxylation is 1. The molecule has 0 radical (unpaired) electrons. The molecule has 0 aromatic heterocycles. The van der Waals surface area contributed by atoms with Crippen LogP contribution >= 0.6 is 0 Å². The van der Waals surface area contributed by atoms with Crippen molar-refractivity contribution in [3.05, 3.63) is 70.8 Å². The molecule has 0 fully saturated rings. The average molecular weight is 282 g/mol. The van der Waals surface area contributed by atoms with Gasteiger partial charge in [-0.3, -0.25) is 4.79 Å². The summed E-state index contributed by atoms with van der Waals surface area (Å²) in [6, 6.07) is 16.0. The summed E-state index contributed by atoms with van der Waals surface area (Å²) in [5.74, 6) is -0.0216. The Labute approximate surface area is 126 Å². The lowest BCUT2D eigenvalue weighted by atomic mass is 10.0. The summed E-state index contributed by atoms with van der Waals surface area (Å²) in [5.41, 5.74) is 9.81. The van der Waals surface area contributed by atoms with Gasteiger partial charge >= 0.3 is 0 Å². The Kier molecular flexibility index (Phi) is 5.52. The van der Waals surface area contributed by atoms with E-state index in [1.54, 1.807) is 0 Å². The Morgan fingerprint density at radius 1 is 1.10 bits per heavy atom. The zero-order valence-corrected chi connectivity index (χ0v) is 12.4. The first-order chi connectivity index (χ1) is 10.2. The molecule has 110 valence electrons. The standard InChI is InChI=1S/C18H22N2O/c1-14-5-4-6-15(13-14)10-12-20-18(21)17-8-3-2-7-16(17)9-11-19/h2-8,13H,9-12,19H2,1H3,(H,20,21). The van der Waals surface area contributed by atoms with Crippen molar-refractivity contribution in [1.82, 2.24) is 5.32 Å². The van der Waals surface area contributed by atoms with E-state index in [1.165, 1.54) is 11.1 Å². The van der Waals surface area contributed by atoms with E-state index in [1.807, 2.05) is 30.3 Å². The Morgan fingerprint density at radius 3 is 2.67 bits per heavy atom. The lowest BCUT2D eigenvalue weighted by molar-refractivity contribution is 0.0953. The van der Waals surface area contributed by atoms with Crippen LogP contribution in [-0.2, 0) is 12.8 Å². The molecule has 0 saturated carbocycles. The Morgan fingerprint density at radius 2 is 1.90 bits per heavy atom. The molecule has 0 spiro atoms. The molecule has 0 heterocycles. The summed E-state index contributed by atoms with van der Waals surface area (Å²) in [7, 11) is 0. The molecule has 21 heavy (non-hydrogen) atoms. The van der Waals surface area contributed by atoms with Gasteiger partial charge in [0, 0.05) is 12.1 Å². The van der Waals surface area contributed by atoms with Crippen molar-refractivity contribution < 1.29 is 4.79 Å². The summed E-state index contributed by atoms with van der Waals surface area (Å²) in [6.07, 6.45) is 1.56. The Balaban J connectivity index is 1.93. The number of carbonyl (C=O) groups is 1. The molecular formula is C18H22N2O. The summed E-state index contributed by atoms with van der Waals surface area (Å²) >= 11 is 0. The molecule has 0 aliphatic rings. The van der Waals surface area contributed by atoms with Gasteiger partial charge in [-0.05, 0) is 43.5 Å². The van der Waals surface area contributed by atoms with Crippen LogP contribution in [0.2, 0.25) is 0 Å². The first-order valence-electron chi connectivity index (χ1n) is 7.32. The van der Waals surface area contributed by atoms with Gasteiger partial charge in [0.15, 0.2) is 0 Å². The fraction of sp³-hybridized carbons (Fsp3) is 0.278. The fourth-order valence-corrected chi connectivity index (χ4v) is 2.40. The molecule has 0 aliphatic heterocycles. The van der Waals surface area contributed by atoms with Gasteiger partial charge in [-0.25, -0.2) is 0 Å². The summed E-state index contributed by atoms with van der Waals surface area (Å²) in [4.78, 5) is 12.2. The van der Waals surface area contributed by atoms with Crippen molar-refractivity contribution in [3.63, 3.8) is 0 Å². The largest absolute Gasteiger partial charge is 0.352 e. The van der Waals surface area contributed by atoms with Crippen LogP contribution in [0, 0.1) is 6.92 Å². The quantitative estimate of drug-likeness (QED) is 0.855. The molecular weight excluding hydrogens is 260 g/mol. The molecule has 1 amide bonds. The van der Waals surface area contributed by atoms with Crippen LogP contribution < -0.4 is 11.1 Å². The summed E-state index contributed by atoms with van der Waals surface area (Å²) in [6.45, 7) is 3.26. The first-order valence-corrected chi connectivity index (χ1v) is 7.32. The van der Waals surface area contributed by atoms with Crippen molar-refractivity contribution in [2.45, 2.75) is 19.8 Å². The second kappa shape index (κ2) is 7.60. The van der Waals surface area contributed by atoms with E-state index < -0.39 is 0 Å². The summed E-state index contributed by atoms with van der Waals surface area (Å²) < 4.78 is 0. The van der Waals surface area contributed by atoms with E-state index in [0.29, 0.717) is 13.1 Å². The third-order valence-corrected chi connectivity index (χ3v) is 3.46. The van der Waals surface area contributed by atoms with Gasteiger partial charge in [0.25, 0.3) is 5.91 Å². The highest BCUT2D eigenvalue weighted by Crippen LogP contribution is 2.09. The SMILES string of the molecule is Cc1cccc(CCNC(=O)c2ccccc2CCN)c1. The van der Waals surface area contributed by atoms with E-state index in [2.05, 4.69) is 30.4 Å². The molecule has 2 rings (SSSR count). The minimum absolute atomic E-state index is 0.0216. The predicted octanol–water partition coefficient (Wildman–Crippen LogP) is 2.47. The lowest BCUT2D eigenvalue weighted by Crippen LogP contribution is -2.27. The van der Waals surface area contributed by atoms with Crippen LogP contribution in [0.3, 0.4) is 0 Å². The van der Waals surface area contributed by atoms with Crippen molar-refractivity contribution >= 4 is 5.91 Å². The van der Waals surface area contributed by atoms with E-state index in [4.69, 9.17) is 5.73 Å². The maximum absolute atomic E-state index is 12.2. The molecule has 0 bridgehead atoms. The topological polar surface area (TPSA) is 55.1 Å². The van der Waals surface area contributed by atoms with Gasteiger partial charge in [0.05, 0.1) is 0 Å². The van der Waals surface area contributed by atoms with Crippen LogP contribution in [0.25, 0.3) is 0 Å². The highest BCUT2D eigenvalue weighted by molar-refractivity contribution is 5.95. The normalized spacial score (nSPS) is 10.4. The Bertz CT molecular complexity index is 608. The van der Waals surface area contributed by atoms with Gasteiger partial charge < -0.3 is 11.1 Å². The maximum Gasteiger partial charge on any atom is 0.251 e. The molecule has 3 N–H and O–H groups in total. The number of carbonyl (C=O) groups excluding carboxylic acids is 1. The molecule has 3 heteroatoms. The fourth-order valence-electron chi connectivity index (χ4n) is 2.40. The van der Waals surface area contributed by atoms with E-state index in [-0.39, 0.29) is 5.91 Å². The lowest BCUT2D eigenvalue weighted by Gasteiger charge is -2.09. The molecule has 0 aliphatic carbocycles. The van der Waals surface area contributed by atoms with E-state index in [9.17, 15) is 4.79 Å². The Hall–Kier alpha value is -2.13. The zero-order valence-electron chi connectivity index (χ0n) is 12.4. The summed E-state index contributed by atoms with van der Waals surface area (Å²) in [5, 5.41) is 2.99. The van der Waals surface area contributed by atoms with Crippen LogP contribution in [0.5, 0.6) is 0 Å². The van der Waals surface area contributed by atoms with Gasteiger partial charge in [-0.1, -0.05) is 48.0 Å². The average Bonchev–Trinajstić information content (AvgIpc) is 2.48. The van der Waals surface area contributed by atoms with Crippen molar-refractivity contribution in [1.29, 1.82) is 0 Å². The van der Waals surface area contributed by atoms with E-state index in [0.717, 1.165) is 24.0 Å². The smallest absolute Gasteiger partial charge is 0.251 e. The number of hydrogen-bond donors (Lipinski definition) is 2.